The van der Waals surface area contributed by atoms with E-state index < -0.39 is 11.9 Å². The molecule has 0 aliphatic heterocycles. The van der Waals surface area contributed by atoms with Crippen molar-refractivity contribution in [3.05, 3.63) is 70.2 Å². The molecular weight excluding hydrogens is 288 g/mol. The van der Waals surface area contributed by atoms with Gasteiger partial charge in [-0.2, -0.15) is 0 Å². The highest BCUT2D eigenvalue weighted by molar-refractivity contribution is 6.30. The number of benzene rings is 2. The van der Waals surface area contributed by atoms with Gasteiger partial charge in [0.15, 0.2) is 0 Å². The van der Waals surface area contributed by atoms with Crippen LogP contribution in [0.15, 0.2) is 48.5 Å². The lowest BCUT2D eigenvalue weighted by molar-refractivity contribution is -0.138. The Balaban J connectivity index is 1.88. The Kier molecular flexibility index (Phi) is 5.37. The molecule has 0 aliphatic carbocycles. The average molecular weight is 305 g/mol. The maximum Gasteiger partial charge on any atom is 0.310 e. The fraction of sp³-hybridized carbons (Fsp3) is 0.235. The summed E-state index contributed by atoms with van der Waals surface area (Å²) in [6.45, 7) is 2.65. The lowest BCUT2D eigenvalue weighted by Gasteiger charge is -2.08. The van der Waals surface area contributed by atoms with Gasteiger partial charge in [-0.15, -0.1) is 0 Å². The Hall–Kier alpha value is -1.84. The van der Waals surface area contributed by atoms with Crippen molar-refractivity contribution in [1.82, 2.24) is 0 Å². The summed E-state index contributed by atoms with van der Waals surface area (Å²) in [5, 5.41) is 9.66. The van der Waals surface area contributed by atoms with E-state index >= 15 is 0 Å². The van der Waals surface area contributed by atoms with Crippen LogP contribution >= 0.6 is 11.6 Å². The predicted molar refractivity (Wildman–Crippen MR) is 82.4 cm³/mol. The Bertz CT molecular complexity index is 608. The summed E-state index contributed by atoms with van der Waals surface area (Å²) < 4.78 is 5.63. The Morgan fingerprint density at radius 1 is 1.14 bits per heavy atom. The fourth-order valence-electron chi connectivity index (χ4n) is 1.96. The first kappa shape index (κ1) is 15.5. The second-order valence-corrected chi connectivity index (χ2v) is 5.36. The molecule has 0 aromatic heterocycles. The third-order valence-corrected chi connectivity index (χ3v) is 3.51. The molecule has 2 aromatic carbocycles. The highest BCUT2D eigenvalue weighted by Gasteiger charge is 2.12. The van der Waals surface area contributed by atoms with E-state index in [4.69, 9.17) is 21.4 Å². The summed E-state index contributed by atoms with van der Waals surface area (Å²) in [6.07, 6.45) is 0. The highest BCUT2D eigenvalue weighted by atomic mass is 35.5. The van der Waals surface area contributed by atoms with Gasteiger partial charge in [-0.05, 0) is 35.7 Å². The SMILES string of the molecule is CC(C(=O)O)c1ccc(COCc2cccc(Cl)c2)cc1. The van der Waals surface area contributed by atoms with Crippen LogP contribution in [0.4, 0.5) is 0 Å². The number of ether oxygens (including phenoxy) is 1. The van der Waals surface area contributed by atoms with Crippen molar-refractivity contribution in [1.29, 1.82) is 0 Å². The van der Waals surface area contributed by atoms with E-state index in [1.54, 1.807) is 6.92 Å². The van der Waals surface area contributed by atoms with Crippen LogP contribution in [0.1, 0.15) is 29.5 Å². The summed E-state index contributed by atoms with van der Waals surface area (Å²) in [7, 11) is 0. The van der Waals surface area contributed by atoms with Crippen LogP contribution in [-0.2, 0) is 22.7 Å². The van der Waals surface area contributed by atoms with Gasteiger partial charge >= 0.3 is 5.97 Å². The summed E-state index contributed by atoms with van der Waals surface area (Å²) >= 11 is 5.91. The minimum absolute atomic E-state index is 0.480. The van der Waals surface area contributed by atoms with Crippen LogP contribution in [0.25, 0.3) is 0 Å². The molecule has 1 unspecified atom stereocenters. The van der Waals surface area contributed by atoms with Gasteiger partial charge in [0, 0.05) is 5.02 Å². The van der Waals surface area contributed by atoms with Crippen molar-refractivity contribution in [3.8, 4) is 0 Å². The summed E-state index contributed by atoms with van der Waals surface area (Å²) in [5.74, 6) is -1.31. The summed E-state index contributed by atoms with van der Waals surface area (Å²) in [4.78, 5) is 10.9. The van der Waals surface area contributed by atoms with Crippen molar-refractivity contribution in [2.75, 3.05) is 0 Å². The maximum atomic E-state index is 10.9. The largest absolute Gasteiger partial charge is 0.481 e. The molecule has 2 aromatic rings. The lowest BCUT2D eigenvalue weighted by Crippen LogP contribution is -2.07. The van der Waals surface area contributed by atoms with Crippen molar-refractivity contribution < 1.29 is 14.6 Å². The molecular formula is C17H17ClO3. The van der Waals surface area contributed by atoms with Gasteiger partial charge in [-0.3, -0.25) is 4.79 Å². The standard InChI is InChI=1S/C17H17ClO3/c1-12(17(19)20)15-7-5-13(6-8-15)10-21-11-14-3-2-4-16(18)9-14/h2-9,12H,10-11H2,1H3,(H,19,20). The number of carbonyl (C=O) groups is 1. The highest BCUT2D eigenvalue weighted by Crippen LogP contribution is 2.17. The second kappa shape index (κ2) is 7.25. The van der Waals surface area contributed by atoms with Crippen molar-refractivity contribution in [3.63, 3.8) is 0 Å². The number of carboxylic acid groups (broad SMARTS) is 1. The van der Waals surface area contributed by atoms with Gasteiger partial charge in [-0.1, -0.05) is 48.0 Å². The molecule has 0 bridgehead atoms. The zero-order valence-corrected chi connectivity index (χ0v) is 12.5. The van der Waals surface area contributed by atoms with Gasteiger partial charge < -0.3 is 9.84 Å². The van der Waals surface area contributed by atoms with E-state index in [1.165, 1.54) is 0 Å². The first-order valence-corrected chi connectivity index (χ1v) is 7.08. The Morgan fingerprint density at radius 3 is 2.43 bits per heavy atom. The Labute approximate surface area is 129 Å². The Morgan fingerprint density at radius 2 is 1.81 bits per heavy atom. The number of aliphatic carboxylic acids is 1. The maximum absolute atomic E-state index is 10.9. The van der Waals surface area contributed by atoms with Crippen LogP contribution in [0.2, 0.25) is 5.02 Å². The normalized spacial score (nSPS) is 12.1. The number of hydrogen-bond donors (Lipinski definition) is 1. The smallest absolute Gasteiger partial charge is 0.310 e. The molecule has 0 fully saturated rings. The van der Waals surface area contributed by atoms with Crippen LogP contribution in [-0.4, -0.2) is 11.1 Å². The molecule has 0 aliphatic rings. The van der Waals surface area contributed by atoms with E-state index in [-0.39, 0.29) is 0 Å². The van der Waals surface area contributed by atoms with Gasteiger partial charge in [0.05, 0.1) is 19.1 Å². The first-order valence-electron chi connectivity index (χ1n) is 6.70. The molecule has 0 amide bonds. The quantitative estimate of drug-likeness (QED) is 0.868. The predicted octanol–water partition coefficient (Wildman–Crippen LogP) is 4.24. The van der Waals surface area contributed by atoms with Gasteiger partial charge in [0.25, 0.3) is 0 Å². The third-order valence-electron chi connectivity index (χ3n) is 3.28. The van der Waals surface area contributed by atoms with Crippen molar-refractivity contribution in [2.24, 2.45) is 0 Å². The van der Waals surface area contributed by atoms with Gasteiger partial charge in [-0.25, -0.2) is 0 Å². The number of rotatable bonds is 6. The fourth-order valence-corrected chi connectivity index (χ4v) is 2.17. The van der Waals surface area contributed by atoms with Crippen LogP contribution in [0.5, 0.6) is 0 Å². The van der Waals surface area contributed by atoms with Crippen molar-refractivity contribution >= 4 is 17.6 Å². The van der Waals surface area contributed by atoms with E-state index in [1.807, 2.05) is 48.5 Å². The average Bonchev–Trinajstić information content (AvgIpc) is 2.47. The lowest BCUT2D eigenvalue weighted by atomic mass is 10.0. The minimum atomic E-state index is -0.819. The summed E-state index contributed by atoms with van der Waals surface area (Å²) in [5.41, 5.74) is 2.83. The zero-order valence-electron chi connectivity index (χ0n) is 11.8. The van der Waals surface area contributed by atoms with E-state index in [2.05, 4.69) is 0 Å². The van der Waals surface area contributed by atoms with Gasteiger partial charge in [0.1, 0.15) is 0 Å². The summed E-state index contributed by atoms with van der Waals surface area (Å²) in [6, 6.07) is 15.0. The second-order valence-electron chi connectivity index (χ2n) is 4.92. The van der Waals surface area contributed by atoms with Crippen LogP contribution < -0.4 is 0 Å². The topological polar surface area (TPSA) is 46.5 Å². The number of hydrogen-bond acceptors (Lipinski definition) is 2. The molecule has 1 N–H and O–H groups in total. The first-order chi connectivity index (χ1) is 10.1. The molecule has 1 atom stereocenters. The van der Waals surface area contributed by atoms with E-state index in [0.717, 1.165) is 16.7 Å². The molecule has 4 heteroatoms. The minimum Gasteiger partial charge on any atom is -0.481 e. The molecule has 0 saturated heterocycles. The van der Waals surface area contributed by atoms with Crippen molar-refractivity contribution in [2.45, 2.75) is 26.1 Å². The third kappa shape index (κ3) is 4.59. The molecule has 0 radical (unpaired) electrons. The molecule has 2 rings (SSSR count). The molecule has 0 heterocycles. The molecule has 3 nitrogen and oxygen atoms in total. The molecule has 0 spiro atoms. The zero-order chi connectivity index (χ0) is 15.2. The van der Waals surface area contributed by atoms with Crippen LogP contribution in [0.3, 0.4) is 0 Å². The molecule has 0 saturated carbocycles. The van der Waals surface area contributed by atoms with Gasteiger partial charge in [0.2, 0.25) is 0 Å². The number of halogens is 1. The van der Waals surface area contributed by atoms with Crippen LogP contribution in [0, 0.1) is 0 Å². The molecule has 110 valence electrons. The number of carboxylic acids is 1. The molecule has 21 heavy (non-hydrogen) atoms. The monoisotopic (exact) mass is 304 g/mol. The van der Waals surface area contributed by atoms with E-state index in [9.17, 15) is 4.79 Å². The van der Waals surface area contributed by atoms with E-state index in [0.29, 0.717) is 18.2 Å².